The fourth-order valence-electron chi connectivity index (χ4n) is 6.09. The lowest BCUT2D eigenvalue weighted by Gasteiger charge is -2.54. The van der Waals surface area contributed by atoms with Crippen LogP contribution in [-0.2, 0) is 0 Å². The summed E-state index contributed by atoms with van der Waals surface area (Å²) < 4.78 is 1.03. The maximum absolute atomic E-state index is 12.7. The molecule has 0 bridgehead atoms. The number of carbonyl (C=O) groups is 2. The van der Waals surface area contributed by atoms with Gasteiger partial charge in [0.1, 0.15) is 4.83 Å². The molecule has 0 spiro atoms. The molecule has 2 N–H and O–H groups in total. The number of hydrogen-bond acceptors (Lipinski definition) is 8. The van der Waals surface area contributed by atoms with Crippen LogP contribution >= 0.6 is 22.7 Å². The standard InChI is InChI=1S/C31H32N4O2S2/c1-30(2)14-7-15-31(3,4)35(30)20-12-10-19(11-13-20)32-18-33-29-34-28-25(39-29)17-21(38-28)16-24-26(36)22-8-5-6-9-23(22)27(24)37/h5-6,8-13,16-17,32H,7,14-15,18H2,1-4H3,(H,33,34). The first-order chi connectivity index (χ1) is 18.6. The number of rotatable bonds is 6. The third-order valence-corrected chi connectivity index (χ3v) is 9.81. The number of thiophene rings is 1. The van der Waals surface area contributed by atoms with E-state index in [-0.39, 0.29) is 28.2 Å². The molecule has 1 aliphatic heterocycles. The molecule has 0 radical (unpaired) electrons. The van der Waals surface area contributed by atoms with E-state index >= 15 is 0 Å². The number of ketones is 2. The summed E-state index contributed by atoms with van der Waals surface area (Å²) in [5.41, 5.74) is 3.79. The smallest absolute Gasteiger partial charge is 0.197 e. The Morgan fingerprint density at radius 3 is 2.15 bits per heavy atom. The number of Topliss-reactive ketones (excluding diaryl/α,β-unsaturated/α-hetero) is 2. The molecule has 39 heavy (non-hydrogen) atoms. The Balaban J connectivity index is 1.09. The number of benzene rings is 2. The Labute approximate surface area is 236 Å². The van der Waals surface area contributed by atoms with Gasteiger partial charge in [-0.3, -0.25) is 9.59 Å². The lowest BCUT2D eigenvalue weighted by atomic mass is 9.79. The van der Waals surface area contributed by atoms with E-state index in [9.17, 15) is 9.59 Å². The zero-order valence-corrected chi connectivity index (χ0v) is 24.3. The molecule has 8 heteroatoms. The van der Waals surface area contributed by atoms with Gasteiger partial charge >= 0.3 is 0 Å². The molecule has 4 aromatic rings. The molecule has 2 aromatic heterocycles. The van der Waals surface area contributed by atoms with Crippen LogP contribution in [0.4, 0.5) is 16.5 Å². The first-order valence-corrected chi connectivity index (χ1v) is 14.9. The number of nitrogens with one attached hydrogen (secondary N) is 2. The minimum atomic E-state index is -0.204. The van der Waals surface area contributed by atoms with Crippen LogP contribution in [-0.4, -0.2) is 34.3 Å². The second-order valence-corrected chi connectivity index (χ2v) is 13.6. The van der Waals surface area contributed by atoms with Gasteiger partial charge in [0.25, 0.3) is 0 Å². The third kappa shape index (κ3) is 4.76. The number of fused-ring (bicyclic) bond motifs is 2. The highest BCUT2D eigenvalue weighted by molar-refractivity contribution is 7.29. The summed E-state index contributed by atoms with van der Waals surface area (Å²) in [6.07, 6.45) is 5.38. The van der Waals surface area contributed by atoms with Crippen molar-refractivity contribution in [3.8, 4) is 0 Å². The molecule has 0 amide bonds. The molecule has 6 rings (SSSR count). The predicted octanol–water partition coefficient (Wildman–Crippen LogP) is 7.85. The summed E-state index contributed by atoms with van der Waals surface area (Å²) in [7, 11) is 0. The summed E-state index contributed by atoms with van der Waals surface area (Å²) in [6, 6.07) is 17.7. The molecule has 0 atom stereocenters. The zero-order valence-electron chi connectivity index (χ0n) is 22.6. The van der Waals surface area contributed by atoms with Crippen molar-refractivity contribution in [2.75, 3.05) is 22.2 Å². The molecular formula is C31H32N4O2S2. The maximum atomic E-state index is 12.7. The largest absolute Gasteiger partial charge is 0.368 e. The number of nitrogens with zero attached hydrogens (tertiary/aromatic N) is 2. The van der Waals surface area contributed by atoms with Crippen molar-refractivity contribution in [3.63, 3.8) is 0 Å². The van der Waals surface area contributed by atoms with E-state index in [0.29, 0.717) is 17.8 Å². The molecule has 0 unspecified atom stereocenters. The number of carbonyl (C=O) groups excluding carboxylic acids is 2. The third-order valence-electron chi connectivity index (χ3n) is 7.75. The topological polar surface area (TPSA) is 74.3 Å². The molecular weight excluding hydrogens is 525 g/mol. The van der Waals surface area contributed by atoms with Crippen LogP contribution < -0.4 is 15.5 Å². The summed E-state index contributed by atoms with van der Waals surface area (Å²) in [6.45, 7) is 9.93. The van der Waals surface area contributed by atoms with Crippen LogP contribution in [0.15, 0.2) is 60.2 Å². The fourth-order valence-corrected chi connectivity index (χ4v) is 8.15. The SMILES string of the molecule is CC1(C)CCCC(C)(C)N1c1ccc(NCNc2nc3sc(C=C4C(=O)c5ccccc5C4=O)cc3s2)cc1. The van der Waals surface area contributed by atoms with Gasteiger partial charge in [-0.25, -0.2) is 4.98 Å². The lowest BCUT2D eigenvalue weighted by Crippen LogP contribution is -2.58. The first-order valence-electron chi connectivity index (χ1n) is 13.3. The molecule has 200 valence electrons. The number of piperidine rings is 1. The van der Waals surface area contributed by atoms with E-state index in [4.69, 9.17) is 4.98 Å². The molecule has 6 nitrogen and oxygen atoms in total. The first kappa shape index (κ1) is 25.8. The van der Waals surface area contributed by atoms with Crippen molar-refractivity contribution in [2.24, 2.45) is 0 Å². The van der Waals surface area contributed by atoms with Crippen LogP contribution in [0.2, 0.25) is 0 Å². The van der Waals surface area contributed by atoms with Crippen molar-refractivity contribution in [2.45, 2.75) is 58.0 Å². The molecule has 1 fully saturated rings. The monoisotopic (exact) mass is 556 g/mol. The highest BCUT2D eigenvalue weighted by Gasteiger charge is 2.41. The van der Waals surface area contributed by atoms with Gasteiger partial charge < -0.3 is 15.5 Å². The van der Waals surface area contributed by atoms with Crippen LogP contribution in [0.1, 0.15) is 72.6 Å². The molecule has 3 heterocycles. The van der Waals surface area contributed by atoms with Crippen molar-refractivity contribution in [1.29, 1.82) is 0 Å². The zero-order chi connectivity index (χ0) is 27.4. The fraction of sp³-hybridized carbons (Fsp3) is 0.323. The average Bonchev–Trinajstić information content (AvgIpc) is 3.51. The van der Waals surface area contributed by atoms with Gasteiger partial charge in [0.2, 0.25) is 0 Å². The minimum absolute atomic E-state index is 0.138. The summed E-state index contributed by atoms with van der Waals surface area (Å²) in [5, 5.41) is 7.63. The van der Waals surface area contributed by atoms with Gasteiger partial charge in [-0.05, 0) is 83.4 Å². The van der Waals surface area contributed by atoms with E-state index in [1.54, 1.807) is 41.7 Å². The van der Waals surface area contributed by atoms with Gasteiger partial charge in [0, 0.05) is 38.5 Å². The normalized spacial score (nSPS) is 17.9. The molecule has 2 aliphatic rings. The molecule has 0 saturated carbocycles. The Hall–Kier alpha value is -3.49. The van der Waals surface area contributed by atoms with Crippen molar-refractivity contribution in [1.82, 2.24) is 4.98 Å². The minimum Gasteiger partial charge on any atom is -0.368 e. The van der Waals surface area contributed by atoms with Crippen LogP contribution in [0.3, 0.4) is 0 Å². The number of aromatic nitrogens is 1. The second kappa shape index (κ2) is 9.61. The second-order valence-electron chi connectivity index (χ2n) is 11.5. The maximum Gasteiger partial charge on any atom is 0.197 e. The van der Waals surface area contributed by atoms with Crippen LogP contribution in [0.25, 0.3) is 15.6 Å². The number of hydrogen-bond donors (Lipinski definition) is 2. The predicted molar refractivity (Wildman–Crippen MR) is 164 cm³/mol. The Kier molecular flexibility index (Phi) is 6.35. The molecule has 1 saturated heterocycles. The van der Waals surface area contributed by atoms with Gasteiger partial charge in [-0.1, -0.05) is 35.6 Å². The number of allylic oxidation sites excluding steroid dienone is 1. The van der Waals surface area contributed by atoms with Crippen LogP contribution in [0.5, 0.6) is 0 Å². The van der Waals surface area contributed by atoms with Crippen molar-refractivity contribution in [3.05, 3.63) is 76.2 Å². The van der Waals surface area contributed by atoms with Crippen LogP contribution in [0, 0.1) is 0 Å². The van der Waals surface area contributed by atoms with E-state index < -0.39 is 0 Å². The van der Waals surface area contributed by atoms with Crippen molar-refractivity contribution >= 4 is 66.4 Å². The quantitative estimate of drug-likeness (QED) is 0.143. The Bertz CT molecular complexity index is 1530. The van der Waals surface area contributed by atoms with E-state index in [2.05, 4.69) is 67.5 Å². The highest BCUT2D eigenvalue weighted by Crippen LogP contribution is 2.42. The average molecular weight is 557 g/mol. The Morgan fingerprint density at radius 2 is 1.54 bits per heavy atom. The number of thiazole rings is 1. The van der Waals surface area contributed by atoms with Crippen molar-refractivity contribution < 1.29 is 9.59 Å². The summed E-state index contributed by atoms with van der Waals surface area (Å²) in [5.74, 6) is -0.407. The van der Waals surface area contributed by atoms with Gasteiger partial charge in [0.15, 0.2) is 16.7 Å². The van der Waals surface area contributed by atoms with E-state index in [1.807, 2.05) is 6.07 Å². The summed E-state index contributed by atoms with van der Waals surface area (Å²) >= 11 is 3.05. The lowest BCUT2D eigenvalue weighted by molar-refractivity contribution is 0.0990. The van der Waals surface area contributed by atoms with E-state index in [0.717, 1.165) is 25.2 Å². The van der Waals surface area contributed by atoms with Gasteiger partial charge in [-0.2, -0.15) is 0 Å². The molecule has 1 aliphatic carbocycles. The number of anilines is 3. The highest BCUT2D eigenvalue weighted by atomic mass is 32.1. The molecule has 2 aromatic carbocycles. The van der Waals surface area contributed by atoms with E-state index in [1.165, 1.54) is 36.3 Å². The van der Waals surface area contributed by atoms with Gasteiger partial charge in [-0.15, -0.1) is 11.3 Å². The Morgan fingerprint density at radius 1 is 0.897 bits per heavy atom. The van der Waals surface area contributed by atoms with Gasteiger partial charge in [0.05, 0.1) is 16.9 Å². The summed E-state index contributed by atoms with van der Waals surface area (Å²) in [4.78, 5) is 34.4.